The van der Waals surface area contributed by atoms with Crippen LogP contribution in [-0.4, -0.2) is 62.6 Å². The van der Waals surface area contributed by atoms with E-state index in [1.54, 1.807) is 0 Å². The molecule has 8 nitrogen and oxygen atoms in total. The Hall–Kier alpha value is -3.56. The van der Waals surface area contributed by atoms with Gasteiger partial charge < -0.3 is 25.0 Å². The standard InChI is InChI=1S/C35H40ClN5O3.ClH/c1-22-31(23(2)39(3)38-22)32-29(36)14-13-28-27(11-7-21-44-30-12-6-9-24-8-4-5-10-26(24)30)34(35(42)43)41(33(28)32)20-19-40-17-15-25(37)16-18-40;/h4-6,8-10,12-14,25H,7,11,15-21,37H2,1-3H3,(H,42,43);1H. The number of halogens is 2. The minimum atomic E-state index is -0.937. The molecule has 0 unspecified atom stereocenters. The average molecular weight is 651 g/mol. The number of rotatable bonds is 10. The summed E-state index contributed by atoms with van der Waals surface area (Å²) in [6, 6.07) is 18.3. The van der Waals surface area contributed by atoms with Crippen LogP contribution in [0.3, 0.4) is 0 Å². The number of nitrogens with two attached hydrogens (primary N) is 1. The van der Waals surface area contributed by atoms with Crippen molar-refractivity contribution in [3.05, 3.63) is 82.3 Å². The van der Waals surface area contributed by atoms with Gasteiger partial charge in [-0.05, 0) is 75.7 Å². The van der Waals surface area contributed by atoms with Crippen LogP contribution in [0.4, 0.5) is 0 Å². The highest BCUT2D eigenvalue weighted by molar-refractivity contribution is 6.35. The Labute approximate surface area is 275 Å². The Kier molecular flexibility index (Phi) is 10.1. The van der Waals surface area contributed by atoms with E-state index in [0.29, 0.717) is 36.7 Å². The maximum Gasteiger partial charge on any atom is 0.352 e. The van der Waals surface area contributed by atoms with Gasteiger partial charge in [0.25, 0.3) is 0 Å². The zero-order valence-corrected chi connectivity index (χ0v) is 27.6. The monoisotopic (exact) mass is 649 g/mol. The van der Waals surface area contributed by atoms with Crippen LogP contribution in [0.5, 0.6) is 5.75 Å². The number of aromatic carboxylic acids is 1. The summed E-state index contributed by atoms with van der Waals surface area (Å²) in [4.78, 5) is 15.4. The van der Waals surface area contributed by atoms with Gasteiger partial charge in [-0.15, -0.1) is 12.4 Å². The van der Waals surface area contributed by atoms with E-state index in [1.807, 2.05) is 66.5 Å². The second kappa shape index (κ2) is 13.8. The fourth-order valence-electron chi connectivity index (χ4n) is 6.76. The molecule has 1 saturated heterocycles. The lowest BCUT2D eigenvalue weighted by Crippen LogP contribution is -2.41. The number of benzene rings is 3. The first-order chi connectivity index (χ1) is 21.2. The summed E-state index contributed by atoms with van der Waals surface area (Å²) in [7, 11) is 1.92. The largest absolute Gasteiger partial charge is 0.493 e. The number of carboxylic acids is 1. The number of likely N-dealkylation sites (tertiary alicyclic amines) is 1. The third-order valence-electron chi connectivity index (χ3n) is 9.09. The Balaban J connectivity index is 0.00000400. The second-order valence-corrected chi connectivity index (χ2v) is 12.3. The number of ether oxygens (including phenoxy) is 1. The number of carbonyl (C=O) groups is 1. The smallest absolute Gasteiger partial charge is 0.352 e. The van der Waals surface area contributed by atoms with Crippen molar-refractivity contribution in [3.63, 3.8) is 0 Å². The van der Waals surface area contributed by atoms with Crippen LogP contribution in [-0.2, 0) is 20.0 Å². The van der Waals surface area contributed by atoms with Crippen molar-refractivity contribution in [1.29, 1.82) is 0 Å². The molecular formula is C35H41Cl2N5O3. The molecular weight excluding hydrogens is 609 g/mol. The van der Waals surface area contributed by atoms with Crippen molar-refractivity contribution in [1.82, 2.24) is 19.2 Å². The van der Waals surface area contributed by atoms with Crippen LogP contribution in [0, 0.1) is 13.8 Å². The van der Waals surface area contributed by atoms with Crippen LogP contribution < -0.4 is 10.5 Å². The first-order valence-corrected chi connectivity index (χ1v) is 15.8. The van der Waals surface area contributed by atoms with Crippen LogP contribution in [0.15, 0.2) is 54.6 Å². The number of aromatic nitrogens is 3. The molecule has 45 heavy (non-hydrogen) atoms. The van der Waals surface area contributed by atoms with Gasteiger partial charge in [0.15, 0.2) is 0 Å². The summed E-state index contributed by atoms with van der Waals surface area (Å²) >= 11 is 6.97. The van der Waals surface area contributed by atoms with Crippen molar-refractivity contribution in [2.75, 3.05) is 26.2 Å². The SMILES string of the molecule is Cc1nn(C)c(C)c1-c1c(Cl)ccc2c(CCCOc3cccc4ccccc34)c(C(=O)O)n(CCN3CCC(N)CC3)c12.Cl. The van der Waals surface area contributed by atoms with E-state index < -0.39 is 5.97 Å². The first-order valence-electron chi connectivity index (χ1n) is 15.4. The average Bonchev–Trinajstić information content (AvgIpc) is 3.46. The molecule has 0 saturated carbocycles. The van der Waals surface area contributed by atoms with E-state index in [1.165, 1.54) is 0 Å². The zero-order valence-electron chi connectivity index (χ0n) is 26.1. The van der Waals surface area contributed by atoms with E-state index >= 15 is 0 Å². The molecule has 0 spiro atoms. The molecule has 10 heteroatoms. The van der Waals surface area contributed by atoms with E-state index in [9.17, 15) is 9.90 Å². The predicted octanol–water partition coefficient (Wildman–Crippen LogP) is 7.02. The molecule has 0 amide bonds. The number of fused-ring (bicyclic) bond motifs is 2. The molecule has 6 rings (SSSR count). The molecule has 0 atom stereocenters. The van der Waals surface area contributed by atoms with Crippen molar-refractivity contribution in [2.45, 2.75) is 52.1 Å². The van der Waals surface area contributed by atoms with Crippen LogP contribution in [0.25, 0.3) is 32.8 Å². The quantitative estimate of drug-likeness (QED) is 0.158. The molecule has 3 heterocycles. The highest BCUT2D eigenvalue weighted by Crippen LogP contribution is 2.42. The number of carboxylic acid groups (broad SMARTS) is 1. The fourth-order valence-corrected chi connectivity index (χ4v) is 7.00. The van der Waals surface area contributed by atoms with Crippen LogP contribution in [0.1, 0.15) is 46.7 Å². The molecule has 2 aromatic heterocycles. The van der Waals surface area contributed by atoms with Crippen molar-refractivity contribution < 1.29 is 14.6 Å². The lowest BCUT2D eigenvalue weighted by atomic mass is 9.98. The summed E-state index contributed by atoms with van der Waals surface area (Å²) < 4.78 is 10.1. The summed E-state index contributed by atoms with van der Waals surface area (Å²) in [6.07, 6.45) is 3.12. The van der Waals surface area contributed by atoms with E-state index in [0.717, 1.165) is 88.0 Å². The van der Waals surface area contributed by atoms with Gasteiger partial charge in [0.05, 0.1) is 22.8 Å². The Morgan fingerprint density at radius 3 is 2.47 bits per heavy atom. The van der Waals surface area contributed by atoms with Crippen LogP contribution >= 0.6 is 24.0 Å². The minimum Gasteiger partial charge on any atom is -0.493 e. The predicted molar refractivity (Wildman–Crippen MR) is 184 cm³/mol. The Morgan fingerprint density at radius 2 is 1.76 bits per heavy atom. The number of piperidine rings is 1. The van der Waals surface area contributed by atoms with Crippen molar-refractivity contribution >= 4 is 51.7 Å². The lowest BCUT2D eigenvalue weighted by Gasteiger charge is -2.30. The molecule has 0 radical (unpaired) electrons. The summed E-state index contributed by atoms with van der Waals surface area (Å²) in [5, 5.41) is 19.0. The Morgan fingerprint density at radius 1 is 1.02 bits per heavy atom. The molecule has 0 bridgehead atoms. The second-order valence-electron chi connectivity index (χ2n) is 11.9. The minimum absolute atomic E-state index is 0. The number of hydrogen-bond donors (Lipinski definition) is 2. The Bertz CT molecular complexity index is 1830. The van der Waals surface area contributed by atoms with Gasteiger partial charge in [-0.1, -0.05) is 54.1 Å². The van der Waals surface area contributed by atoms with Gasteiger partial charge in [-0.25, -0.2) is 4.79 Å². The highest BCUT2D eigenvalue weighted by Gasteiger charge is 2.28. The molecule has 3 N–H and O–H groups in total. The van der Waals surface area contributed by atoms with Gasteiger partial charge in [0, 0.05) is 53.8 Å². The third kappa shape index (κ3) is 6.42. The highest BCUT2D eigenvalue weighted by atomic mass is 35.5. The van der Waals surface area contributed by atoms with Gasteiger partial charge >= 0.3 is 5.97 Å². The topological polar surface area (TPSA) is 98.5 Å². The molecule has 5 aromatic rings. The molecule has 1 fully saturated rings. The lowest BCUT2D eigenvalue weighted by molar-refractivity contribution is 0.0683. The van der Waals surface area contributed by atoms with Gasteiger partial charge in [0.1, 0.15) is 11.4 Å². The third-order valence-corrected chi connectivity index (χ3v) is 9.40. The van der Waals surface area contributed by atoms with Crippen LogP contribution in [0.2, 0.25) is 5.02 Å². The summed E-state index contributed by atoms with van der Waals surface area (Å²) in [5.74, 6) is -0.102. The molecule has 1 aliphatic heterocycles. The molecule has 1 aliphatic rings. The van der Waals surface area contributed by atoms with Gasteiger partial charge in [0.2, 0.25) is 0 Å². The maximum absolute atomic E-state index is 13.0. The normalized spacial score (nSPS) is 14.2. The van der Waals surface area contributed by atoms with E-state index in [-0.39, 0.29) is 18.4 Å². The first kappa shape index (κ1) is 32.8. The van der Waals surface area contributed by atoms with Gasteiger partial charge in [-0.3, -0.25) is 4.68 Å². The fraction of sp³-hybridized carbons (Fsp3) is 0.371. The van der Waals surface area contributed by atoms with Crippen molar-refractivity contribution in [2.24, 2.45) is 12.8 Å². The number of nitrogens with zero attached hydrogens (tertiary/aromatic N) is 4. The number of hydrogen-bond acceptors (Lipinski definition) is 5. The molecule has 3 aromatic carbocycles. The molecule has 238 valence electrons. The summed E-state index contributed by atoms with van der Waals surface area (Å²) in [6.45, 7) is 7.56. The van der Waals surface area contributed by atoms with E-state index in [4.69, 9.17) is 22.1 Å². The van der Waals surface area contributed by atoms with Crippen molar-refractivity contribution in [3.8, 4) is 16.9 Å². The molecule has 0 aliphatic carbocycles. The van der Waals surface area contributed by atoms with E-state index in [2.05, 4.69) is 28.2 Å². The zero-order chi connectivity index (χ0) is 31.0. The van der Waals surface area contributed by atoms with Gasteiger partial charge in [-0.2, -0.15) is 5.10 Å². The maximum atomic E-state index is 13.0. The summed E-state index contributed by atoms with van der Waals surface area (Å²) in [5.41, 5.74) is 11.8. The number of aryl methyl sites for hydroxylation is 3.